The van der Waals surface area contributed by atoms with Gasteiger partial charge in [0.2, 0.25) is 0 Å². The molecule has 14 heavy (non-hydrogen) atoms. The Labute approximate surface area is 84.1 Å². The molecule has 2 N–H and O–H groups in total. The summed E-state index contributed by atoms with van der Waals surface area (Å²) in [5.74, 6) is 0.579. The van der Waals surface area contributed by atoms with Gasteiger partial charge in [-0.25, -0.2) is 4.98 Å². The molecule has 0 spiro atoms. The van der Waals surface area contributed by atoms with Gasteiger partial charge in [-0.1, -0.05) is 0 Å². The van der Waals surface area contributed by atoms with Crippen molar-refractivity contribution in [3.05, 3.63) is 17.7 Å². The van der Waals surface area contributed by atoms with E-state index >= 15 is 0 Å². The smallest absolute Gasteiger partial charge is 0.0949 e. The summed E-state index contributed by atoms with van der Waals surface area (Å²) in [6, 6.07) is 0. The van der Waals surface area contributed by atoms with Crippen molar-refractivity contribution >= 4 is 0 Å². The van der Waals surface area contributed by atoms with Crippen LogP contribution in [0.25, 0.3) is 0 Å². The Morgan fingerprint density at radius 1 is 1.57 bits per heavy atom. The van der Waals surface area contributed by atoms with E-state index in [-0.39, 0.29) is 0 Å². The molecule has 0 unspecified atom stereocenters. The largest absolute Gasteiger partial charge is 0.381 e. The second kappa shape index (κ2) is 4.11. The molecule has 1 aromatic heterocycles. The van der Waals surface area contributed by atoms with Crippen LogP contribution >= 0.6 is 0 Å². The lowest BCUT2D eigenvalue weighted by molar-refractivity contribution is 0.0837. The first-order valence-electron chi connectivity index (χ1n) is 5.11. The summed E-state index contributed by atoms with van der Waals surface area (Å²) in [4.78, 5) is 4.31. The van der Waals surface area contributed by atoms with Gasteiger partial charge in [0.15, 0.2) is 0 Å². The molecule has 0 bridgehead atoms. The van der Waals surface area contributed by atoms with Gasteiger partial charge in [0.25, 0.3) is 0 Å². The summed E-state index contributed by atoms with van der Waals surface area (Å²) in [5, 5.41) is 0. The van der Waals surface area contributed by atoms with Crippen molar-refractivity contribution in [3.8, 4) is 0 Å². The summed E-state index contributed by atoms with van der Waals surface area (Å²) >= 11 is 0. The first kappa shape index (κ1) is 9.68. The molecule has 0 atom stereocenters. The molecule has 0 saturated carbocycles. The van der Waals surface area contributed by atoms with Gasteiger partial charge in [0.1, 0.15) is 0 Å². The maximum atomic E-state index is 5.66. The molecule has 2 heterocycles. The number of ether oxygens (including phenoxy) is 1. The molecule has 1 aliphatic rings. The number of hydrogen-bond donors (Lipinski definition) is 1. The Bertz CT molecular complexity index is 302. The van der Waals surface area contributed by atoms with Gasteiger partial charge in [-0.15, -0.1) is 0 Å². The fraction of sp³-hybridized carbons (Fsp3) is 0.700. The van der Waals surface area contributed by atoms with Crippen LogP contribution in [-0.2, 0) is 18.3 Å². The zero-order valence-electron chi connectivity index (χ0n) is 8.57. The van der Waals surface area contributed by atoms with Crippen LogP contribution in [0.4, 0.5) is 0 Å². The van der Waals surface area contributed by atoms with E-state index < -0.39 is 0 Å². The van der Waals surface area contributed by atoms with E-state index in [1.165, 1.54) is 5.69 Å². The first-order valence-corrected chi connectivity index (χ1v) is 5.11. The van der Waals surface area contributed by atoms with Gasteiger partial charge in [-0.2, -0.15) is 0 Å². The number of nitrogens with zero attached hydrogens (tertiary/aromatic N) is 2. The predicted molar refractivity (Wildman–Crippen MR) is 53.9 cm³/mol. The molecule has 1 aromatic rings. The minimum absolute atomic E-state index is 0.535. The SMILES string of the molecule is Cn1cnc(CN)c1C1CCOCC1. The molecular formula is C10H17N3O. The predicted octanol–water partition coefficient (Wildman–Crippen LogP) is 0.773. The van der Waals surface area contributed by atoms with Crippen molar-refractivity contribution < 1.29 is 4.74 Å². The first-order chi connectivity index (χ1) is 6.83. The lowest BCUT2D eigenvalue weighted by Crippen LogP contribution is -2.18. The summed E-state index contributed by atoms with van der Waals surface area (Å²) < 4.78 is 7.45. The van der Waals surface area contributed by atoms with Gasteiger partial charge in [0.05, 0.1) is 12.0 Å². The summed E-state index contributed by atoms with van der Waals surface area (Å²) in [7, 11) is 2.04. The minimum atomic E-state index is 0.535. The Balaban J connectivity index is 2.23. The topological polar surface area (TPSA) is 53.1 Å². The average Bonchev–Trinajstić information content (AvgIpc) is 2.61. The summed E-state index contributed by atoms with van der Waals surface area (Å²) in [6.45, 7) is 2.26. The summed E-state index contributed by atoms with van der Waals surface area (Å²) in [6.07, 6.45) is 4.03. The third-order valence-corrected chi connectivity index (χ3v) is 2.86. The molecule has 1 saturated heterocycles. The maximum Gasteiger partial charge on any atom is 0.0949 e. The number of imidazole rings is 1. The van der Waals surface area contributed by atoms with Gasteiger partial charge in [0, 0.05) is 38.4 Å². The van der Waals surface area contributed by atoms with Crippen molar-refractivity contribution in [3.63, 3.8) is 0 Å². The molecular weight excluding hydrogens is 178 g/mol. The van der Waals surface area contributed by atoms with E-state index in [1.807, 2.05) is 13.4 Å². The zero-order valence-corrected chi connectivity index (χ0v) is 8.57. The van der Waals surface area contributed by atoms with Crippen LogP contribution in [-0.4, -0.2) is 22.8 Å². The second-order valence-electron chi connectivity index (χ2n) is 3.78. The Hall–Kier alpha value is -0.870. The van der Waals surface area contributed by atoms with Crippen molar-refractivity contribution in [1.29, 1.82) is 0 Å². The van der Waals surface area contributed by atoms with Crippen LogP contribution in [0.3, 0.4) is 0 Å². The van der Waals surface area contributed by atoms with Gasteiger partial charge in [-0.3, -0.25) is 0 Å². The second-order valence-corrected chi connectivity index (χ2v) is 3.78. The Kier molecular flexibility index (Phi) is 2.84. The minimum Gasteiger partial charge on any atom is -0.381 e. The average molecular weight is 195 g/mol. The zero-order chi connectivity index (χ0) is 9.97. The molecule has 0 aliphatic carbocycles. The fourth-order valence-corrected chi connectivity index (χ4v) is 2.14. The molecule has 0 amide bonds. The highest BCUT2D eigenvalue weighted by Gasteiger charge is 2.21. The number of rotatable bonds is 2. The fourth-order valence-electron chi connectivity index (χ4n) is 2.14. The highest BCUT2D eigenvalue weighted by molar-refractivity contribution is 5.18. The van der Waals surface area contributed by atoms with Crippen molar-refractivity contribution in [2.24, 2.45) is 12.8 Å². The van der Waals surface area contributed by atoms with Crippen LogP contribution in [0.15, 0.2) is 6.33 Å². The highest BCUT2D eigenvalue weighted by Crippen LogP contribution is 2.28. The Morgan fingerprint density at radius 3 is 2.93 bits per heavy atom. The number of nitrogens with two attached hydrogens (primary N) is 1. The molecule has 0 radical (unpaired) electrons. The van der Waals surface area contributed by atoms with Gasteiger partial charge < -0.3 is 15.0 Å². The van der Waals surface area contributed by atoms with E-state index in [1.54, 1.807) is 0 Å². The molecule has 4 heteroatoms. The number of aryl methyl sites for hydroxylation is 1. The van der Waals surface area contributed by atoms with E-state index in [9.17, 15) is 0 Å². The van der Waals surface area contributed by atoms with E-state index in [2.05, 4.69) is 9.55 Å². The normalized spacial score (nSPS) is 18.7. The molecule has 0 aromatic carbocycles. The van der Waals surface area contributed by atoms with E-state index in [4.69, 9.17) is 10.5 Å². The van der Waals surface area contributed by atoms with Crippen molar-refractivity contribution in [2.75, 3.05) is 13.2 Å². The monoisotopic (exact) mass is 195 g/mol. The van der Waals surface area contributed by atoms with E-state index in [0.29, 0.717) is 12.5 Å². The third-order valence-electron chi connectivity index (χ3n) is 2.86. The van der Waals surface area contributed by atoms with Crippen molar-refractivity contribution in [1.82, 2.24) is 9.55 Å². The summed E-state index contributed by atoms with van der Waals surface area (Å²) in [5.41, 5.74) is 8.01. The molecule has 1 fully saturated rings. The molecule has 1 aliphatic heterocycles. The van der Waals surface area contributed by atoms with Crippen LogP contribution in [0.2, 0.25) is 0 Å². The maximum absolute atomic E-state index is 5.66. The number of hydrogen-bond acceptors (Lipinski definition) is 3. The van der Waals surface area contributed by atoms with E-state index in [0.717, 1.165) is 31.7 Å². The van der Waals surface area contributed by atoms with Crippen molar-refractivity contribution in [2.45, 2.75) is 25.3 Å². The lowest BCUT2D eigenvalue weighted by atomic mass is 9.95. The third kappa shape index (κ3) is 1.67. The quantitative estimate of drug-likeness (QED) is 0.758. The standard InChI is InChI=1S/C10H17N3O/c1-13-7-12-9(6-11)10(13)8-2-4-14-5-3-8/h7-8H,2-6,11H2,1H3. The Morgan fingerprint density at radius 2 is 2.29 bits per heavy atom. The molecule has 2 rings (SSSR count). The molecule has 4 nitrogen and oxygen atoms in total. The van der Waals surface area contributed by atoms with Crippen LogP contribution in [0.5, 0.6) is 0 Å². The van der Waals surface area contributed by atoms with Crippen LogP contribution in [0.1, 0.15) is 30.1 Å². The molecule has 78 valence electrons. The number of aromatic nitrogens is 2. The highest BCUT2D eigenvalue weighted by atomic mass is 16.5. The van der Waals surface area contributed by atoms with Crippen LogP contribution in [0, 0.1) is 0 Å². The van der Waals surface area contributed by atoms with Gasteiger partial charge in [-0.05, 0) is 12.8 Å². The van der Waals surface area contributed by atoms with Crippen LogP contribution < -0.4 is 5.73 Å². The van der Waals surface area contributed by atoms with Gasteiger partial charge >= 0.3 is 0 Å². The lowest BCUT2D eigenvalue weighted by Gasteiger charge is -2.23.